The molecule has 7 heteroatoms. The van der Waals surface area contributed by atoms with E-state index in [9.17, 15) is 4.79 Å². The Morgan fingerprint density at radius 1 is 1.31 bits per heavy atom. The number of carbonyl (C=O) groups excluding carboxylic acids is 1. The predicted molar refractivity (Wildman–Crippen MR) is 95.5 cm³/mol. The molecular weight excluding hydrogens is 332 g/mol. The molecule has 26 heavy (non-hydrogen) atoms. The number of nitrogens with zero attached hydrogens (tertiary/aromatic N) is 3. The van der Waals surface area contributed by atoms with Crippen molar-refractivity contribution in [1.29, 1.82) is 0 Å². The average Bonchev–Trinajstić information content (AvgIpc) is 3.40. The minimum Gasteiger partial charge on any atom is -0.376 e. The third kappa shape index (κ3) is 3.44. The van der Waals surface area contributed by atoms with Crippen LogP contribution in [0.25, 0.3) is 11.4 Å². The van der Waals surface area contributed by atoms with Gasteiger partial charge in [-0.15, -0.1) is 0 Å². The summed E-state index contributed by atoms with van der Waals surface area (Å²) in [5.41, 5.74) is 2.05. The number of aryl methyl sites for hydroxylation is 1. The number of benzene rings is 1. The van der Waals surface area contributed by atoms with Gasteiger partial charge in [0.2, 0.25) is 11.7 Å². The molecule has 2 fully saturated rings. The highest BCUT2D eigenvalue weighted by molar-refractivity contribution is 5.75. The molecule has 0 aliphatic carbocycles. The van der Waals surface area contributed by atoms with Crippen LogP contribution in [-0.4, -0.2) is 46.9 Å². The zero-order valence-corrected chi connectivity index (χ0v) is 15.0. The molecule has 1 N–H and O–H groups in total. The average molecular weight is 356 g/mol. The van der Waals surface area contributed by atoms with Crippen LogP contribution in [0.1, 0.15) is 43.2 Å². The number of likely N-dealkylation sites (tertiary alicyclic amines) is 1. The smallest absolute Gasteiger partial charge is 0.318 e. The van der Waals surface area contributed by atoms with Gasteiger partial charge in [0.05, 0.1) is 6.10 Å². The number of nitrogens with one attached hydrogen (secondary N) is 1. The summed E-state index contributed by atoms with van der Waals surface area (Å²) in [6.45, 7) is 4.06. The van der Waals surface area contributed by atoms with Crippen LogP contribution < -0.4 is 5.32 Å². The fourth-order valence-corrected chi connectivity index (χ4v) is 3.68. The highest BCUT2D eigenvalue weighted by Crippen LogP contribution is 2.32. The van der Waals surface area contributed by atoms with Crippen LogP contribution in [0.4, 0.5) is 4.79 Å². The molecule has 0 spiro atoms. The van der Waals surface area contributed by atoms with Crippen molar-refractivity contribution < 1.29 is 14.1 Å². The van der Waals surface area contributed by atoms with Gasteiger partial charge >= 0.3 is 6.03 Å². The molecule has 7 nitrogen and oxygen atoms in total. The Morgan fingerprint density at radius 3 is 3.00 bits per heavy atom. The third-order valence-corrected chi connectivity index (χ3v) is 5.13. The second-order valence-corrected chi connectivity index (χ2v) is 6.94. The molecule has 4 rings (SSSR count). The van der Waals surface area contributed by atoms with E-state index in [1.54, 1.807) is 4.90 Å². The molecule has 0 radical (unpaired) electrons. The summed E-state index contributed by atoms with van der Waals surface area (Å²) in [5.74, 6) is 1.08. The first-order valence-corrected chi connectivity index (χ1v) is 9.28. The highest BCUT2D eigenvalue weighted by atomic mass is 16.5. The molecule has 2 aliphatic rings. The van der Waals surface area contributed by atoms with Gasteiger partial charge in [-0.2, -0.15) is 4.98 Å². The van der Waals surface area contributed by atoms with Gasteiger partial charge in [0.15, 0.2) is 0 Å². The monoisotopic (exact) mass is 356 g/mol. The number of carbonyl (C=O) groups is 1. The standard InChI is InChI=1S/C19H24N4O3/c1-13-6-2-3-8-15(13)17-21-18(26-22-17)16-9-4-10-23(16)19(24)20-12-14-7-5-11-25-14/h2-3,6,8,14,16H,4-5,7,9-12H2,1H3,(H,20,24)/t14-,16+/m0/s1. The maximum atomic E-state index is 12.6. The second kappa shape index (κ2) is 7.45. The summed E-state index contributed by atoms with van der Waals surface area (Å²) in [4.78, 5) is 19.0. The molecular formula is C19H24N4O3. The van der Waals surface area contributed by atoms with E-state index in [1.165, 1.54) is 0 Å². The number of aromatic nitrogens is 2. The SMILES string of the molecule is Cc1ccccc1-c1noc([C@H]2CCCN2C(=O)NC[C@@H]2CCCO2)n1. The van der Waals surface area contributed by atoms with E-state index in [0.717, 1.165) is 43.4 Å². The molecule has 2 aliphatic heterocycles. The Morgan fingerprint density at radius 2 is 2.19 bits per heavy atom. The highest BCUT2D eigenvalue weighted by Gasteiger charge is 2.34. The first-order valence-electron chi connectivity index (χ1n) is 9.28. The fourth-order valence-electron chi connectivity index (χ4n) is 3.68. The van der Waals surface area contributed by atoms with Crippen molar-refractivity contribution >= 4 is 6.03 Å². The summed E-state index contributed by atoms with van der Waals surface area (Å²) in [5, 5.41) is 7.12. The quantitative estimate of drug-likeness (QED) is 0.910. The zero-order chi connectivity index (χ0) is 17.9. The maximum absolute atomic E-state index is 12.6. The summed E-state index contributed by atoms with van der Waals surface area (Å²) < 4.78 is 11.1. The van der Waals surface area contributed by atoms with Gasteiger partial charge in [0.1, 0.15) is 6.04 Å². The maximum Gasteiger partial charge on any atom is 0.318 e. The molecule has 1 aromatic heterocycles. The van der Waals surface area contributed by atoms with Crippen LogP contribution in [0.5, 0.6) is 0 Å². The number of ether oxygens (including phenoxy) is 1. The Balaban J connectivity index is 1.45. The Bertz CT molecular complexity index is 770. The van der Waals surface area contributed by atoms with Gasteiger partial charge in [0.25, 0.3) is 0 Å². The molecule has 0 unspecified atom stereocenters. The van der Waals surface area contributed by atoms with E-state index in [-0.39, 0.29) is 18.2 Å². The third-order valence-electron chi connectivity index (χ3n) is 5.13. The molecule has 0 bridgehead atoms. The zero-order valence-electron chi connectivity index (χ0n) is 15.0. The number of urea groups is 1. The van der Waals surface area contributed by atoms with Gasteiger partial charge in [-0.3, -0.25) is 0 Å². The van der Waals surface area contributed by atoms with E-state index >= 15 is 0 Å². The van der Waals surface area contributed by atoms with Crippen LogP contribution in [0.15, 0.2) is 28.8 Å². The normalized spacial score (nSPS) is 22.7. The van der Waals surface area contributed by atoms with Gasteiger partial charge in [-0.25, -0.2) is 4.79 Å². The summed E-state index contributed by atoms with van der Waals surface area (Å²) in [7, 11) is 0. The molecule has 0 saturated carbocycles. The summed E-state index contributed by atoms with van der Waals surface area (Å²) in [6, 6.07) is 7.69. The minimum atomic E-state index is -0.162. The van der Waals surface area contributed by atoms with Gasteiger partial charge < -0.3 is 19.5 Å². The molecule has 138 valence electrons. The number of hydrogen-bond donors (Lipinski definition) is 1. The van der Waals surface area contributed by atoms with E-state index in [4.69, 9.17) is 9.26 Å². The van der Waals surface area contributed by atoms with Crippen molar-refractivity contribution in [3.05, 3.63) is 35.7 Å². The van der Waals surface area contributed by atoms with Crippen molar-refractivity contribution in [2.75, 3.05) is 19.7 Å². The lowest BCUT2D eigenvalue weighted by Gasteiger charge is -2.23. The Kier molecular flexibility index (Phi) is 4.88. The largest absolute Gasteiger partial charge is 0.376 e. The van der Waals surface area contributed by atoms with Crippen molar-refractivity contribution in [3.8, 4) is 11.4 Å². The van der Waals surface area contributed by atoms with E-state index in [2.05, 4.69) is 15.5 Å². The number of rotatable bonds is 4. The van der Waals surface area contributed by atoms with Gasteiger partial charge in [-0.1, -0.05) is 29.4 Å². The topological polar surface area (TPSA) is 80.5 Å². The molecule has 2 saturated heterocycles. The number of hydrogen-bond acceptors (Lipinski definition) is 5. The molecule has 2 atom stereocenters. The van der Waals surface area contributed by atoms with Gasteiger partial charge in [0, 0.05) is 25.3 Å². The van der Waals surface area contributed by atoms with Crippen LogP contribution in [0.2, 0.25) is 0 Å². The van der Waals surface area contributed by atoms with Crippen molar-refractivity contribution in [2.45, 2.75) is 44.8 Å². The lowest BCUT2D eigenvalue weighted by atomic mass is 10.1. The lowest BCUT2D eigenvalue weighted by Crippen LogP contribution is -2.42. The lowest BCUT2D eigenvalue weighted by molar-refractivity contribution is 0.108. The van der Waals surface area contributed by atoms with E-state index in [1.807, 2.05) is 31.2 Å². The van der Waals surface area contributed by atoms with E-state index in [0.29, 0.717) is 24.8 Å². The second-order valence-electron chi connectivity index (χ2n) is 6.94. The molecule has 2 amide bonds. The Labute approximate surface area is 152 Å². The van der Waals surface area contributed by atoms with Crippen LogP contribution in [0.3, 0.4) is 0 Å². The molecule has 3 heterocycles. The van der Waals surface area contributed by atoms with Crippen LogP contribution in [0, 0.1) is 6.92 Å². The van der Waals surface area contributed by atoms with Crippen molar-refractivity contribution in [3.63, 3.8) is 0 Å². The fraction of sp³-hybridized carbons (Fsp3) is 0.526. The van der Waals surface area contributed by atoms with Gasteiger partial charge in [-0.05, 0) is 38.2 Å². The Hall–Kier alpha value is -2.41. The first kappa shape index (κ1) is 17.0. The minimum absolute atomic E-state index is 0.0846. The summed E-state index contributed by atoms with van der Waals surface area (Å²) in [6.07, 6.45) is 3.98. The van der Waals surface area contributed by atoms with Crippen molar-refractivity contribution in [2.24, 2.45) is 0 Å². The van der Waals surface area contributed by atoms with Crippen LogP contribution in [-0.2, 0) is 4.74 Å². The molecule has 1 aromatic carbocycles. The molecule has 2 aromatic rings. The van der Waals surface area contributed by atoms with Crippen LogP contribution >= 0.6 is 0 Å². The first-order chi connectivity index (χ1) is 12.7. The predicted octanol–water partition coefficient (Wildman–Crippen LogP) is 3.07. The summed E-state index contributed by atoms with van der Waals surface area (Å²) >= 11 is 0. The van der Waals surface area contributed by atoms with E-state index < -0.39 is 0 Å². The number of amides is 2. The van der Waals surface area contributed by atoms with Crippen molar-refractivity contribution in [1.82, 2.24) is 20.4 Å².